The molecular weight excluding hydrogens is 412 g/mol. The van der Waals surface area contributed by atoms with E-state index < -0.39 is 10.0 Å². The van der Waals surface area contributed by atoms with E-state index in [1.165, 1.54) is 0 Å². The van der Waals surface area contributed by atoms with Crippen molar-refractivity contribution in [3.8, 4) is 5.75 Å². The van der Waals surface area contributed by atoms with Crippen LogP contribution in [0.25, 0.3) is 0 Å². The molecule has 1 atom stereocenters. The van der Waals surface area contributed by atoms with Crippen molar-refractivity contribution in [1.82, 2.24) is 9.21 Å². The van der Waals surface area contributed by atoms with E-state index in [2.05, 4.69) is 0 Å². The van der Waals surface area contributed by atoms with E-state index in [1.54, 1.807) is 29.6 Å². The van der Waals surface area contributed by atoms with E-state index in [-0.39, 0.29) is 16.8 Å². The van der Waals surface area contributed by atoms with Crippen molar-refractivity contribution in [2.75, 3.05) is 26.7 Å². The van der Waals surface area contributed by atoms with Crippen LogP contribution in [0.5, 0.6) is 5.75 Å². The number of aryl methyl sites for hydroxylation is 1. The van der Waals surface area contributed by atoms with Gasteiger partial charge in [-0.2, -0.15) is 4.31 Å². The summed E-state index contributed by atoms with van der Waals surface area (Å²) < 4.78 is 33.2. The number of amides is 1. The molecule has 166 valence electrons. The van der Waals surface area contributed by atoms with Gasteiger partial charge in [-0.1, -0.05) is 24.6 Å². The molecule has 0 aliphatic carbocycles. The Labute approximate surface area is 184 Å². The number of ether oxygens (including phenoxy) is 1. The van der Waals surface area contributed by atoms with Crippen LogP contribution in [0.3, 0.4) is 0 Å². The maximum atomic E-state index is 13.5. The van der Waals surface area contributed by atoms with Gasteiger partial charge in [-0.15, -0.1) is 0 Å². The van der Waals surface area contributed by atoms with Crippen LogP contribution in [0.1, 0.15) is 59.6 Å². The van der Waals surface area contributed by atoms with Crippen molar-refractivity contribution < 1.29 is 17.9 Å². The Morgan fingerprint density at radius 3 is 2.52 bits per heavy atom. The Balaban J connectivity index is 1.64. The molecular formula is C24H30N2O4S. The minimum absolute atomic E-state index is 0.0376. The van der Waals surface area contributed by atoms with E-state index in [4.69, 9.17) is 4.74 Å². The Bertz CT molecular complexity index is 1060. The quantitative estimate of drug-likeness (QED) is 0.698. The van der Waals surface area contributed by atoms with Gasteiger partial charge in [0.05, 0.1) is 18.0 Å². The molecule has 2 aliphatic rings. The van der Waals surface area contributed by atoms with Crippen LogP contribution >= 0.6 is 0 Å². The molecule has 0 spiro atoms. The molecule has 2 heterocycles. The summed E-state index contributed by atoms with van der Waals surface area (Å²) in [6.07, 6.45) is 4.62. The van der Waals surface area contributed by atoms with Gasteiger partial charge in [-0.05, 0) is 68.0 Å². The van der Waals surface area contributed by atoms with Gasteiger partial charge in [-0.3, -0.25) is 4.79 Å². The molecule has 0 radical (unpaired) electrons. The lowest BCUT2D eigenvalue weighted by Crippen LogP contribution is -2.36. The summed E-state index contributed by atoms with van der Waals surface area (Å²) in [6, 6.07) is 12.7. The predicted molar refractivity (Wildman–Crippen MR) is 120 cm³/mol. The first-order chi connectivity index (χ1) is 14.9. The van der Waals surface area contributed by atoms with Gasteiger partial charge in [0.15, 0.2) is 0 Å². The van der Waals surface area contributed by atoms with E-state index in [9.17, 15) is 13.2 Å². The van der Waals surface area contributed by atoms with Crippen molar-refractivity contribution in [2.45, 2.75) is 50.0 Å². The topological polar surface area (TPSA) is 66.9 Å². The van der Waals surface area contributed by atoms with Crippen molar-refractivity contribution >= 4 is 15.9 Å². The second-order valence-electron chi connectivity index (χ2n) is 8.37. The number of methoxy groups -OCH3 is 1. The Morgan fingerprint density at radius 2 is 1.77 bits per heavy atom. The lowest BCUT2D eigenvalue weighted by atomic mass is 10.0. The fraction of sp³-hybridized carbons (Fsp3) is 0.458. The summed E-state index contributed by atoms with van der Waals surface area (Å²) in [5.41, 5.74) is 2.30. The van der Waals surface area contributed by atoms with E-state index in [0.29, 0.717) is 25.2 Å². The third-order valence-corrected chi connectivity index (χ3v) is 8.28. The second-order valence-corrected chi connectivity index (χ2v) is 10.3. The number of likely N-dealkylation sites (tertiary alicyclic amines) is 1. The number of nitrogens with zero attached hydrogens (tertiary/aromatic N) is 2. The minimum Gasteiger partial charge on any atom is -0.497 e. The summed E-state index contributed by atoms with van der Waals surface area (Å²) in [5.74, 6) is 0.654. The zero-order valence-electron chi connectivity index (χ0n) is 18.2. The van der Waals surface area contributed by atoms with Gasteiger partial charge in [0.2, 0.25) is 10.0 Å². The first-order valence-electron chi connectivity index (χ1n) is 11.0. The smallest absolute Gasteiger partial charge is 0.254 e. The highest BCUT2D eigenvalue weighted by molar-refractivity contribution is 7.89. The highest BCUT2D eigenvalue weighted by Gasteiger charge is 2.33. The molecule has 2 aliphatic heterocycles. The fourth-order valence-corrected chi connectivity index (χ4v) is 6.15. The SMILES string of the molecule is COc1cccc(C2CCCN2C(=O)c2cc(S(=O)(=O)N3CCCCC3)ccc2C)c1. The lowest BCUT2D eigenvalue weighted by molar-refractivity contribution is 0.0734. The second kappa shape index (κ2) is 9.01. The van der Waals surface area contributed by atoms with Crippen LogP contribution in [-0.4, -0.2) is 50.3 Å². The number of sulfonamides is 1. The van der Waals surface area contributed by atoms with Crippen molar-refractivity contribution in [1.29, 1.82) is 0 Å². The van der Waals surface area contributed by atoms with Crippen molar-refractivity contribution in [3.63, 3.8) is 0 Å². The predicted octanol–water partition coefficient (Wildman–Crippen LogP) is 4.16. The highest BCUT2D eigenvalue weighted by Crippen LogP contribution is 2.35. The largest absolute Gasteiger partial charge is 0.497 e. The molecule has 2 aromatic carbocycles. The number of benzene rings is 2. The third kappa shape index (κ3) is 4.34. The molecule has 1 amide bonds. The highest BCUT2D eigenvalue weighted by atomic mass is 32.2. The van der Waals surface area contributed by atoms with Crippen LogP contribution in [0.2, 0.25) is 0 Å². The molecule has 1 unspecified atom stereocenters. The number of piperidine rings is 1. The number of carbonyl (C=O) groups excluding carboxylic acids is 1. The molecule has 0 N–H and O–H groups in total. The number of rotatable bonds is 5. The number of hydrogen-bond donors (Lipinski definition) is 0. The maximum Gasteiger partial charge on any atom is 0.254 e. The Morgan fingerprint density at radius 1 is 1.00 bits per heavy atom. The van der Waals surface area contributed by atoms with E-state index in [1.807, 2.05) is 36.1 Å². The van der Waals surface area contributed by atoms with Crippen LogP contribution < -0.4 is 4.74 Å². The minimum atomic E-state index is -3.59. The molecule has 7 heteroatoms. The molecule has 2 saturated heterocycles. The normalized spacial score (nSPS) is 20.1. The standard InChI is InChI=1S/C24H30N2O4S/c1-18-11-12-21(31(28,29)25-13-4-3-5-14-25)17-22(18)24(27)26-15-7-10-23(26)19-8-6-9-20(16-19)30-2/h6,8-9,11-12,16-17,23H,3-5,7,10,13-15H2,1-2H3. The molecule has 0 bridgehead atoms. The molecule has 2 fully saturated rings. The van der Waals surface area contributed by atoms with Gasteiger partial charge in [0, 0.05) is 25.2 Å². The summed E-state index contributed by atoms with van der Waals surface area (Å²) >= 11 is 0. The van der Waals surface area contributed by atoms with Gasteiger partial charge in [-0.25, -0.2) is 8.42 Å². The van der Waals surface area contributed by atoms with Crippen LogP contribution in [0.15, 0.2) is 47.4 Å². The van der Waals surface area contributed by atoms with E-state index in [0.717, 1.165) is 49.0 Å². The zero-order chi connectivity index (χ0) is 22.0. The van der Waals surface area contributed by atoms with Gasteiger partial charge >= 0.3 is 0 Å². The van der Waals surface area contributed by atoms with Gasteiger partial charge in [0.1, 0.15) is 5.75 Å². The van der Waals surface area contributed by atoms with Gasteiger partial charge < -0.3 is 9.64 Å². The molecule has 4 rings (SSSR count). The lowest BCUT2D eigenvalue weighted by Gasteiger charge is -2.28. The summed E-state index contributed by atoms with van der Waals surface area (Å²) in [7, 11) is -1.95. The van der Waals surface area contributed by atoms with Crippen LogP contribution in [0.4, 0.5) is 0 Å². The molecule has 31 heavy (non-hydrogen) atoms. The third-order valence-electron chi connectivity index (χ3n) is 6.38. The molecule has 0 aromatic heterocycles. The van der Waals surface area contributed by atoms with Crippen molar-refractivity contribution in [2.24, 2.45) is 0 Å². The molecule has 0 saturated carbocycles. The summed E-state index contributed by atoms with van der Waals surface area (Å²) in [5, 5.41) is 0. The number of hydrogen-bond acceptors (Lipinski definition) is 4. The Hall–Kier alpha value is -2.38. The maximum absolute atomic E-state index is 13.5. The van der Waals surface area contributed by atoms with E-state index >= 15 is 0 Å². The number of carbonyl (C=O) groups is 1. The van der Waals surface area contributed by atoms with Crippen LogP contribution in [-0.2, 0) is 10.0 Å². The average molecular weight is 443 g/mol. The van der Waals surface area contributed by atoms with Crippen LogP contribution in [0, 0.1) is 6.92 Å². The first kappa shape index (κ1) is 21.8. The first-order valence-corrected chi connectivity index (χ1v) is 12.4. The fourth-order valence-electron chi connectivity index (χ4n) is 4.61. The van der Waals surface area contributed by atoms with Crippen molar-refractivity contribution in [3.05, 3.63) is 59.2 Å². The average Bonchev–Trinajstić information content (AvgIpc) is 3.29. The monoisotopic (exact) mass is 442 g/mol. The zero-order valence-corrected chi connectivity index (χ0v) is 19.0. The molecule has 2 aromatic rings. The summed E-state index contributed by atoms with van der Waals surface area (Å²) in [6.45, 7) is 3.61. The summed E-state index contributed by atoms with van der Waals surface area (Å²) in [4.78, 5) is 15.6. The molecule has 6 nitrogen and oxygen atoms in total. The Kier molecular flexibility index (Phi) is 6.34. The van der Waals surface area contributed by atoms with Gasteiger partial charge in [0.25, 0.3) is 5.91 Å².